The smallest absolute Gasteiger partial charge is 0.387 e. The molecule has 1 heterocycles. The quantitative estimate of drug-likeness (QED) is 0.860. The summed E-state index contributed by atoms with van der Waals surface area (Å²) in [5.74, 6) is -1.75. The summed E-state index contributed by atoms with van der Waals surface area (Å²) in [6.45, 7) is -2.97. The minimum absolute atomic E-state index is 0.0556. The molecule has 3 rings (SSSR count). The van der Waals surface area contributed by atoms with E-state index in [0.29, 0.717) is 0 Å². The van der Waals surface area contributed by atoms with Crippen LogP contribution in [-0.4, -0.2) is 24.4 Å². The Morgan fingerprint density at radius 3 is 2.56 bits per heavy atom. The Bertz CT molecular complexity index is 885. The Kier molecular flexibility index (Phi) is 5.39. The number of hydrogen-bond donors (Lipinski definition) is 2. The van der Waals surface area contributed by atoms with Gasteiger partial charge in [-0.15, -0.1) is 0 Å². The molecule has 1 atom stereocenters. The molecule has 2 aromatic carbocycles. The van der Waals surface area contributed by atoms with Crippen molar-refractivity contribution in [1.82, 2.24) is 10.6 Å². The van der Waals surface area contributed by atoms with E-state index in [-0.39, 0.29) is 29.3 Å². The number of carbonyl (C=O) groups excluding carboxylic acids is 2. The van der Waals surface area contributed by atoms with Crippen LogP contribution in [0.2, 0.25) is 0 Å². The molecule has 2 aromatic rings. The molecular weight excluding hydrogens is 363 g/mol. The molecule has 2 amide bonds. The van der Waals surface area contributed by atoms with E-state index >= 15 is 0 Å². The number of hydrogen-bond acceptors (Lipinski definition) is 4. The van der Waals surface area contributed by atoms with Gasteiger partial charge in [0.15, 0.2) is 0 Å². The molecule has 27 heavy (non-hydrogen) atoms. The molecule has 0 aromatic heterocycles. The summed E-state index contributed by atoms with van der Waals surface area (Å²) in [7, 11) is 0. The van der Waals surface area contributed by atoms with Crippen LogP contribution in [0.25, 0.3) is 0 Å². The maximum atomic E-state index is 13.9. The zero-order chi connectivity index (χ0) is 19.4. The number of alkyl halides is 2. The summed E-state index contributed by atoms with van der Waals surface area (Å²) in [6.07, 6.45) is -0.0556. The minimum Gasteiger partial charge on any atom is -0.435 e. The van der Waals surface area contributed by atoms with E-state index in [1.54, 1.807) is 6.07 Å². The molecule has 1 aliphatic rings. The lowest BCUT2D eigenvalue weighted by Gasteiger charge is -2.21. The van der Waals surface area contributed by atoms with E-state index in [9.17, 15) is 22.8 Å². The second kappa shape index (κ2) is 7.90. The highest BCUT2D eigenvalue weighted by atomic mass is 19.3. The molecule has 0 fully saturated rings. The van der Waals surface area contributed by atoms with Gasteiger partial charge in [-0.05, 0) is 30.3 Å². The highest BCUT2D eigenvalue weighted by Gasteiger charge is 2.25. The van der Waals surface area contributed by atoms with Crippen LogP contribution in [0.4, 0.5) is 13.2 Å². The van der Waals surface area contributed by atoms with Gasteiger partial charge >= 0.3 is 6.61 Å². The van der Waals surface area contributed by atoms with Gasteiger partial charge in [-0.25, -0.2) is 9.38 Å². The lowest BCUT2D eigenvalue weighted by Crippen LogP contribution is -2.47. The number of aliphatic imine (C=N–C) groups is 1. The lowest BCUT2D eigenvalue weighted by atomic mass is 10.0. The number of benzene rings is 2. The van der Waals surface area contributed by atoms with E-state index in [4.69, 9.17) is 0 Å². The number of amides is 2. The van der Waals surface area contributed by atoms with Crippen LogP contribution < -0.4 is 15.4 Å². The molecule has 6 nitrogen and oxygen atoms in total. The van der Waals surface area contributed by atoms with Gasteiger partial charge in [0, 0.05) is 11.1 Å². The molecule has 1 unspecified atom stereocenters. The first-order chi connectivity index (χ1) is 12.9. The molecule has 0 spiro atoms. The predicted octanol–water partition coefficient (Wildman–Crippen LogP) is 2.77. The number of halogens is 3. The Morgan fingerprint density at radius 1 is 1.19 bits per heavy atom. The predicted molar refractivity (Wildman–Crippen MR) is 89.9 cm³/mol. The van der Waals surface area contributed by atoms with Crippen molar-refractivity contribution in [2.45, 2.75) is 19.1 Å². The van der Waals surface area contributed by atoms with Gasteiger partial charge in [0.05, 0.1) is 12.5 Å². The van der Waals surface area contributed by atoms with Crippen LogP contribution in [-0.2, 0) is 4.79 Å². The van der Waals surface area contributed by atoms with Gasteiger partial charge in [0.2, 0.25) is 11.9 Å². The normalized spacial score (nSPS) is 16.5. The first-order valence-electron chi connectivity index (χ1n) is 7.90. The van der Waals surface area contributed by atoms with Gasteiger partial charge in [-0.3, -0.25) is 20.2 Å². The Hall–Kier alpha value is -3.36. The van der Waals surface area contributed by atoms with Crippen molar-refractivity contribution >= 4 is 17.8 Å². The summed E-state index contributed by atoms with van der Waals surface area (Å²) in [4.78, 5) is 28.3. The van der Waals surface area contributed by atoms with Crippen LogP contribution in [0.1, 0.15) is 28.4 Å². The van der Waals surface area contributed by atoms with Crippen LogP contribution in [0.3, 0.4) is 0 Å². The number of ether oxygens (including phenoxy) is 1. The fraction of sp³-hybridized carbons (Fsp3) is 0.167. The third kappa shape index (κ3) is 4.63. The van der Waals surface area contributed by atoms with Gasteiger partial charge < -0.3 is 4.74 Å². The summed E-state index contributed by atoms with van der Waals surface area (Å²) >= 11 is 0. The second-order valence-corrected chi connectivity index (χ2v) is 5.62. The number of carbonyl (C=O) groups is 2. The number of guanidine groups is 1. The second-order valence-electron chi connectivity index (χ2n) is 5.62. The standard InChI is InChI=1S/C18H14F3N3O3/c19-13-4-2-1-3-12(13)14-9-15(25)23-18(22-14)24-16(26)10-5-7-11(8-6-10)27-17(20)21/h1-8,14,17H,9H2,(H2,22,23,24,25,26). The van der Waals surface area contributed by atoms with Crippen LogP contribution in [0, 0.1) is 5.82 Å². The van der Waals surface area contributed by atoms with Crippen LogP contribution in [0.5, 0.6) is 5.75 Å². The molecule has 0 bridgehead atoms. The number of nitrogens with one attached hydrogen (secondary N) is 2. The van der Waals surface area contributed by atoms with Crippen molar-refractivity contribution in [3.63, 3.8) is 0 Å². The van der Waals surface area contributed by atoms with Gasteiger partial charge in [-0.2, -0.15) is 8.78 Å². The van der Waals surface area contributed by atoms with E-state index in [1.165, 1.54) is 42.5 Å². The van der Waals surface area contributed by atoms with E-state index in [2.05, 4.69) is 20.4 Å². The summed E-state index contributed by atoms with van der Waals surface area (Å²) < 4.78 is 42.4. The number of nitrogens with zero attached hydrogens (tertiary/aromatic N) is 1. The van der Waals surface area contributed by atoms with Gasteiger partial charge in [0.25, 0.3) is 5.91 Å². The maximum Gasteiger partial charge on any atom is 0.387 e. The van der Waals surface area contributed by atoms with Crippen molar-refractivity contribution < 1.29 is 27.5 Å². The van der Waals surface area contributed by atoms with Crippen molar-refractivity contribution in [1.29, 1.82) is 0 Å². The van der Waals surface area contributed by atoms with E-state index in [1.807, 2.05) is 0 Å². The fourth-order valence-electron chi connectivity index (χ4n) is 2.55. The third-order valence-electron chi connectivity index (χ3n) is 3.76. The van der Waals surface area contributed by atoms with Crippen molar-refractivity contribution in [2.24, 2.45) is 4.99 Å². The zero-order valence-electron chi connectivity index (χ0n) is 13.8. The van der Waals surface area contributed by atoms with Crippen molar-refractivity contribution in [2.75, 3.05) is 0 Å². The molecular formula is C18H14F3N3O3. The molecule has 9 heteroatoms. The topological polar surface area (TPSA) is 79.8 Å². The Labute approximate surface area is 152 Å². The highest BCUT2D eigenvalue weighted by Crippen LogP contribution is 2.25. The SMILES string of the molecule is O=C1CC(c2ccccc2F)N=C(NC(=O)c2ccc(OC(F)F)cc2)N1. The molecule has 0 aliphatic carbocycles. The molecule has 0 saturated heterocycles. The molecule has 0 saturated carbocycles. The summed E-state index contributed by atoms with van der Waals surface area (Å²) in [6, 6.07) is 10.2. The third-order valence-corrected chi connectivity index (χ3v) is 3.76. The summed E-state index contributed by atoms with van der Waals surface area (Å²) in [5, 5.41) is 4.82. The van der Waals surface area contributed by atoms with Crippen LogP contribution >= 0.6 is 0 Å². The van der Waals surface area contributed by atoms with Crippen LogP contribution in [0.15, 0.2) is 53.5 Å². The van der Waals surface area contributed by atoms with E-state index in [0.717, 1.165) is 0 Å². The molecule has 140 valence electrons. The van der Waals surface area contributed by atoms with Crippen molar-refractivity contribution in [3.8, 4) is 5.75 Å². The Morgan fingerprint density at radius 2 is 1.89 bits per heavy atom. The fourth-order valence-corrected chi connectivity index (χ4v) is 2.55. The lowest BCUT2D eigenvalue weighted by molar-refractivity contribution is -0.120. The molecule has 0 radical (unpaired) electrons. The average Bonchev–Trinajstić information content (AvgIpc) is 2.61. The first kappa shape index (κ1) is 18.4. The first-order valence-corrected chi connectivity index (χ1v) is 7.90. The van der Waals surface area contributed by atoms with Crippen molar-refractivity contribution in [3.05, 3.63) is 65.5 Å². The summed E-state index contributed by atoms with van der Waals surface area (Å²) in [5.41, 5.74) is 0.384. The minimum atomic E-state index is -2.97. The largest absolute Gasteiger partial charge is 0.435 e. The van der Waals surface area contributed by atoms with E-state index < -0.39 is 30.3 Å². The highest BCUT2D eigenvalue weighted by molar-refractivity contribution is 6.10. The average molecular weight is 377 g/mol. The zero-order valence-corrected chi connectivity index (χ0v) is 13.8. The van der Waals surface area contributed by atoms with Gasteiger partial charge in [-0.1, -0.05) is 18.2 Å². The maximum absolute atomic E-state index is 13.9. The number of rotatable bonds is 4. The Balaban J connectivity index is 1.74. The molecule has 2 N–H and O–H groups in total. The monoisotopic (exact) mass is 377 g/mol. The van der Waals surface area contributed by atoms with Gasteiger partial charge in [0.1, 0.15) is 11.6 Å². The molecule has 1 aliphatic heterocycles.